The Labute approximate surface area is 150 Å². The summed E-state index contributed by atoms with van der Waals surface area (Å²) in [7, 11) is 6.00. The molecule has 24 heavy (non-hydrogen) atoms. The molecule has 0 saturated carbocycles. The van der Waals surface area contributed by atoms with Crippen LogP contribution in [0.1, 0.15) is 84.0 Å². The van der Waals surface area contributed by atoms with Crippen molar-refractivity contribution in [3.8, 4) is 0 Å². The molecule has 0 spiro atoms. The number of allylic oxidation sites excluding steroid dienone is 4. The van der Waals surface area contributed by atoms with Crippen LogP contribution in [-0.2, 0) is 4.79 Å². The Morgan fingerprint density at radius 3 is 1.75 bits per heavy atom. The average Bonchev–Trinajstić information content (AvgIpc) is 2.50. The lowest BCUT2D eigenvalue weighted by molar-refractivity contribution is -0.137. The molecule has 142 valence electrons. The van der Waals surface area contributed by atoms with Gasteiger partial charge in [-0.15, -0.1) is 0 Å². The molecule has 0 aromatic rings. The maximum atomic E-state index is 10.3. The summed E-state index contributed by atoms with van der Waals surface area (Å²) in [5.74, 6) is -0.671. The van der Waals surface area contributed by atoms with Crippen LogP contribution in [0.2, 0.25) is 0 Å². The predicted octanol–water partition coefficient (Wildman–Crippen LogP) is 6.06. The van der Waals surface area contributed by atoms with Gasteiger partial charge in [-0.1, -0.05) is 63.3 Å². The number of rotatable bonds is 14. The van der Waals surface area contributed by atoms with Gasteiger partial charge in [-0.3, -0.25) is 4.79 Å². The molecule has 1 N–H and O–H groups in total. The molecular formula is C21H41NO2. The molecule has 0 aromatic carbocycles. The maximum Gasteiger partial charge on any atom is 0.303 e. The van der Waals surface area contributed by atoms with Gasteiger partial charge in [0.25, 0.3) is 0 Å². The van der Waals surface area contributed by atoms with Crippen LogP contribution in [0, 0.1) is 0 Å². The summed E-state index contributed by atoms with van der Waals surface area (Å²) < 4.78 is 0. The smallest absolute Gasteiger partial charge is 0.303 e. The van der Waals surface area contributed by atoms with E-state index in [-0.39, 0.29) is 0 Å². The topological polar surface area (TPSA) is 40.5 Å². The molecule has 0 amide bonds. The maximum absolute atomic E-state index is 10.3. The number of hydrogen-bond donors (Lipinski definition) is 1. The second-order valence-corrected chi connectivity index (χ2v) is 6.72. The van der Waals surface area contributed by atoms with Gasteiger partial charge in [0.05, 0.1) is 0 Å². The first-order chi connectivity index (χ1) is 11.5. The first-order valence-electron chi connectivity index (χ1n) is 9.63. The first kappa shape index (κ1) is 25.2. The van der Waals surface area contributed by atoms with Crippen molar-refractivity contribution < 1.29 is 9.90 Å². The number of carboxylic acid groups (broad SMARTS) is 1. The van der Waals surface area contributed by atoms with Gasteiger partial charge < -0.3 is 10.0 Å². The monoisotopic (exact) mass is 339 g/mol. The van der Waals surface area contributed by atoms with Crippen LogP contribution in [0.25, 0.3) is 0 Å². The molecule has 3 heteroatoms. The summed E-state index contributed by atoms with van der Waals surface area (Å²) in [6.45, 7) is 2.23. The molecule has 0 aliphatic rings. The molecule has 0 unspecified atom stereocenters. The van der Waals surface area contributed by atoms with Crippen LogP contribution < -0.4 is 0 Å². The number of unbranched alkanes of at least 4 members (excludes halogenated alkanes) is 8. The summed E-state index contributed by atoms with van der Waals surface area (Å²) >= 11 is 0. The zero-order valence-corrected chi connectivity index (χ0v) is 16.6. The average molecular weight is 340 g/mol. The highest BCUT2D eigenvalue weighted by molar-refractivity contribution is 5.66. The summed E-state index contributed by atoms with van der Waals surface area (Å²) in [4.78, 5) is 12.3. The van der Waals surface area contributed by atoms with Crippen LogP contribution >= 0.6 is 0 Å². The van der Waals surface area contributed by atoms with Crippen molar-refractivity contribution >= 4 is 5.97 Å². The van der Waals surface area contributed by atoms with Gasteiger partial charge >= 0.3 is 5.97 Å². The Bertz CT molecular complexity index is 306. The number of hydrogen-bond acceptors (Lipinski definition) is 2. The van der Waals surface area contributed by atoms with Gasteiger partial charge in [0, 0.05) is 6.42 Å². The Kier molecular flexibility index (Phi) is 23.0. The quantitative estimate of drug-likeness (QED) is 0.309. The van der Waals surface area contributed by atoms with Crippen molar-refractivity contribution in [2.45, 2.75) is 84.0 Å². The van der Waals surface area contributed by atoms with Gasteiger partial charge in [-0.25, -0.2) is 0 Å². The summed E-state index contributed by atoms with van der Waals surface area (Å²) in [6, 6.07) is 0. The van der Waals surface area contributed by atoms with Crippen molar-refractivity contribution in [1.29, 1.82) is 0 Å². The Hall–Kier alpha value is -1.09. The molecule has 3 nitrogen and oxygen atoms in total. The van der Waals surface area contributed by atoms with Crippen molar-refractivity contribution in [3.63, 3.8) is 0 Å². The van der Waals surface area contributed by atoms with Gasteiger partial charge in [0.15, 0.2) is 0 Å². The van der Waals surface area contributed by atoms with E-state index in [2.05, 4.69) is 31.2 Å². The summed E-state index contributed by atoms with van der Waals surface area (Å²) in [5.41, 5.74) is 0. The molecule has 0 rings (SSSR count). The van der Waals surface area contributed by atoms with E-state index in [0.29, 0.717) is 6.42 Å². The van der Waals surface area contributed by atoms with E-state index < -0.39 is 5.97 Å². The van der Waals surface area contributed by atoms with E-state index in [9.17, 15) is 4.79 Å². The van der Waals surface area contributed by atoms with Crippen LogP contribution in [0.4, 0.5) is 0 Å². The highest BCUT2D eigenvalue weighted by Gasteiger charge is 1.95. The number of nitrogens with zero attached hydrogens (tertiary/aromatic N) is 1. The minimum absolute atomic E-state index is 0.324. The third-order valence-electron chi connectivity index (χ3n) is 3.34. The lowest BCUT2D eigenvalue weighted by Gasteiger charge is -1.98. The van der Waals surface area contributed by atoms with E-state index in [1.54, 1.807) is 0 Å². The Morgan fingerprint density at radius 1 is 0.792 bits per heavy atom. The minimum Gasteiger partial charge on any atom is -0.481 e. The highest BCUT2D eigenvalue weighted by atomic mass is 16.4. The van der Waals surface area contributed by atoms with E-state index in [1.165, 1.54) is 44.9 Å². The zero-order valence-electron chi connectivity index (χ0n) is 16.6. The lowest BCUT2D eigenvalue weighted by Crippen LogP contribution is -1.99. The summed E-state index contributed by atoms with van der Waals surface area (Å²) in [5, 5.41) is 8.50. The molecule has 0 saturated heterocycles. The second kappa shape index (κ2) is 21.9. The number of carbonyl (C=O) groups is 1. The zero-order chi connectivity index (χ0) is 18.5. The molecule has 0 aliphatic carbocycles. The molecule has 0 aliphatic heterocycles. The van der Waals surface area contributed by atoms with Crippen LogP contribution in [0.3, 0.4) is 0 Å². The van der Waals surface area contributed by atoms with Crippen LogP contribution in [0.5, 0.6) is 0 Å². The van der Waals surface area contributed by atoms with E-state index in [1.807, 2.05) is 26.0 Å². The molecule has 0 radical (unpaired) electrons. The Balaban J connectivity index is 0. The summed E-state index contributed by atoms with van der Waals surface area (Å²) in [6.07, 6.45) is 22.3. The fourth-order valence-corrected chi connectivity index (χ4v) is 2.09. The second-order valence-electron chi connectivity index (χ2n) is 6.72. The fourth-order valence-electron chi connectivity index (χ4n) is 2.09. The first-order valence-corrected chi connectivity index (χ1v) is 9.63. The van der Waals surface area contributed by atoms with Gasteiger partial charge in [-0.2, -0.15) is 0 Å². The standard InChI is InChI=1S/C18H32O2.C3H9N/c1-2-3-4-5-6-7-8-9-10-11-12-13-14-15-16-17-18(19)20;1-4(2)3/h6-7,9-10H,2-5,8,11-17H2,1H3,(H,19,20);1-3H3/b7-6-,10-9-;. The van der Waals surface area contributed by atoms with Crippen molar-refractivity contribution in [1.82, 2.24) is 4.90 Å². The van der Waals surface area contributed by atoms with E-state index in [0.717, 1.165) is 25.7 Å². The third-order valence-corrected chi connectivity index (χ3v) is 3.34. The predicted molar refractivity (Wildman–Crippen MR) is 107 cm³/mol. The third kappa shape index (κ3) is 32.7. The molecule has 0 atom stereocenters. The SMILES string of the molecule is CCCCC/C=C\C/C=C\CCCCCCCC(=O)O.CN(C)C. The molecular weight excluding hydrogens is 298 g/mol. The van der Waals surface area contributed by atoms with Crippen molar-refractivity contribution in [2.75, 3.05) is 21.1 Å². The highest BCUT2D eigenvalue weighted by Crippen LogP contribution is 2.08. The molecule has 0 heterocycles. The van der Waals surface area contributed by atoms with Crippen LogP contribution in [0.15, 0.2) is 24.3 Å². The van der Waals surface area contributed by atoms with E-state index >= 15 is 0 Å². The lowest BCUT2D eigenvalue weighted by atomic mass is 10.1. The fraction of sp³-hybridized carbons (Fsp3) is 0.762. The van der Waals surface area contributed by atoms with Gasteiger partial charge in [0.1, 0.15) is 0 Å². The van der Waals surface area contributed by atoms with Crippen molar-refractivity contribution in [2.24, 2.45) is 0 Å². The normalized spacial score (nSPS) is 11.2. The minimum atomic E-state index is -0.671. The molecule has 0 bridgehead atoms. The number of aliphatic carboxylic acids is 1. The van der Waals surface area contributed by atoms with Crippen molar-refractivity contribution in [3.05, 3.63) is 24.3 Å². The molecule has 0 fully saturated rings. The van der Waals surface area contributed by atoms with E-state index in [4.69, 9.17) is 5.11 Å². The van der Waals surface area contributed by atoms with Gasteiger partial charge in [0.2, 0.25) is 0 Å². The van der Waals surface area contributed by atoms with Gasteiger partial charge in [-0.05, 0) is 59.7 Å². The molecule has 0 aromatic heterocycles. The Morgan fingerprint density at radius 2 is 1.25 bits per heavy atom. The van der Waals surface area contributed by atoms with Crippen LogP contribution in [-0.4, -0.2) is 37.1 Å². The number of carboxylic acids is 1. The largest absolute Gasteiger partial charge is 0.481 e.